The Balaban J connectivity index is 1.80. The fourth-order valence-corrected chi connectivity index (χ4v) is 2.29. The number of hydrogen-bond acceptors (Lipinski definition) is 3. The lowest BCUT2D eigenvalue weighted by Crippen LogP contribution is -2.24. The van der Waals surface area contributed by atoms with Crippen molar-refractivity contribution in [2.75, 3.05) is 6.54 Å². The largest absolute Gasteiger partial charge is 0.310 e. The van der Waals surface area contributed by atoms with Gasteiger partial charge in [-0.25, -0.2) is 0 Å². The average molecular weight is 248 g/mol. The lowest BCUT2D eigenvalue weighted by Gasteiger charge is -2.26. The van der Waals surface area contributed by atoms with Crippen LogP contribution in [0.1, 0.15) is 44.2 Å². The molecule has 1 N–H and O–H groups in total. The van der Waals surface area contributed by atoms with Gasteiger partial charge in [0, 0.05) is 18.2 Å². The molecular weight excluding hydrogens is 228 g/mol. The summed E-state index contributed by atoms with van der Waals surface area (Å²) in [4.78, 5) is 10.2. The summed E-state index contributed by atoms with van der Waals surface area (Å²) in [6.45, 7) is 3.13. The Labute approximate surface area is 108 Å². The monoisotopic (exact) mass is 248 g/mol. The van der Waals surface area contributed by atoms with Crippen molar-refractivity contribution in [3.63, 3.8) is 0 Å². The molecule has 1 aromatic carbocycles. The number of rotatable bonds is 6. The Hall–Kier alpha value is -1.42. The molecule has 1 unspecified atom stereocenters. The van der Waals surface area contributed by atoms with Crippen LogP contribution >= 0.6 is 0 Å². The molecule has 98 valence electrons. The van der Waals surface area contributed by atoms with Gasteiger partial charge >= 0.3 is 0 Å². The Morgan fingerprint density at radius 1 is 1.39 bits per heavy atom. The number of nitro groups is 1. The van der Waals surface area contributed by atoms with Gasteiger partial charge in [-0.15, -0.1) is 0 Å². The minimum absolute atomic E-state index is 0.153. The molecular formula is C14H20N2O2. The molecule has 4 nitrogen and oxygen atoms in total. The van der Waals surface area contributed by atoms with Crippen LogP contribution in [0, 0.1) is 16.0 Å². The van der Waals surface area contributed by atoms with E-state index in [-0.39, 0.29) is 16.7 Å². The molecule has 0 spiro atoms. The van der Waals surface area contributed by atoms with Gasteiger partial charge in [0.05, 0.1) is 4.92 Å². The van der Waals surface area contributed by atoms with Gasteiger partial charge in [0.1, 0.15) is 0 Å². The fraction of sp³-hybridized carbons (Fsp3) is 0.571. The summed E-state index contributed by atoms with van der Waals surface area (Å²) in [5.41, 5.74) is 1.26. The molecule has 0 heterocycles. The van der Waals surface area contributed by atoms with Crippen molar-refractivity contribution < 1.29 is 4.92 Å². The number of non-ortho nitro benzene ring substituents is 1. The van der Waals surface area contributed by atoms with Crippen LogP contribution in [-0.2, 0) is 0 Å². The minimum atomic E-state index is -0.363. The van der Waals surface area contributed by atoms with Crippen molar-refractivity contribution in [1.82, 2.24) is 5.32 Å². The highest BCUT2D eigenvalue weighted by Crippen LogP contribution is 2.29. The molecule has 2 rings (SSSR count). The first-order valence-corrected chi connectivity index (χ1v) is 6.64. The second-order valence-electron chi connectivity index (χ2n) is 5.11. The number of nitrogens with zero attached hydrogens (tertiary/aromatic N) is 1. The maximum atomic E-state index is 10.6. The predicted molar refractivity (Wildman–Crippen MR) is 71.5 cm³/mol. The van der Waals surface area contributed by atoms with Crippen LogP contribution in [0.25, 0.3) is 0 Å². The molecule has 18 heavy (non-hydrogen) atoms. The van der Waals surface area contributed by atoms with Crippen LogP contribution in [0.15, 0.2) is 24.3 Å². The van der Waals surface area contributed by atoms with Gasteiger partial charge in [0.2, 0.25) is 0 Å². The SMILES string of the molecule is CC(NCCC1CCC1)c1ccc([N+](=O)[O-])cc1. The fourth-order valence-electron chi connectivity index (χ4n) is 2.29. The van der Waals surface area contributed by atoms with Crippen LogP contribution in [0.5, 0.6) is 0 Å². The zero-order valence-electron chi connectivity index (χ0n) is 10.8. The first kappa shape index (κ1) is 13.0. The summed E-state index contributed by atoms with van der Waals surface area (Å²) in [7, 11) is 0. The van der Waals surface area contributed by atoms with Crippen LogP contribution in [0.4, 0.5) is 5.69 Å². The van der Waals surface area contributed by atoms with Crippen molar-refractivity contribution in [1.29, 1.82) is 0 Å². The second-order valence-corrected chi connectivity index (χ2v) is 5.11. The van der Waals surface area contributed by atoms with E-state index < -0.39 is 0 Å². The molecule has 1 saturated carbocycles. The van der Waals surface area contributed by atoms with Crippen molar-refractivity contribution in [2.45, 2.75) is 38.6 Å². The molecule has 0 saturated heterocycles. The number of nitrogens with one attached hydrogen (secondary N) is 1. The standard InChI is InChI=1S/C14H20N2O2/c1-11(15-10-9-12-3-2-4-12)13-5-7-14(8-6-13)16(17)18/h5-8,11-12,15H,2-4,9-10H2,1H3. The van der Waals surface area contributed by atoms with E-state index in [1.165, 1.54) is 25.7 Å². The summed E-state index contributed by atoms with van der Waals surface area (Å²) in [6.07, 6.45) is 5.40. The van der Waals surface area contributed by atoms with Gasteiger partial charge in [-0.1, -0.05) is 31.4 Å². The molecule has 0 radical (unpaired) electrons. The van der Waals surface area contributed by atoms with Gasteiger partial charge in [-0.05, 0) is 31.4 Å². The second kappa shape index (κ2) is 5.96. The molecule has 1 atom stereocenters. The molecule has 0 amide bonds. The maximum absolute atomic E-state index is 10.6. The zero-order valence-corrected chi connectivity index (χ0v) is 10.8. The summed E-state index contributed by atoms with van der Waals surface area (Å²) in [5.74, 6) is 0.918. The van der Waals surface area contributed by atoms with Crippen LogP contribution in [0.3, 0.4) is 0 Å². The van der Waals surface area contributed by atoms with E-state index in [0.29, 0.717) is 0 Å². The molecule has 0 aromatic heterocycles. The van der Waals surface area contributed by atoms with Gasteiger partial charge in [0.25, 0.3) is 5.69 Å². The number of nitro benzene ring substituents is 1. The highest BCUT2D eigenvalue weighted by atomic mass is 16.6. The first-order chi connectivity index (χ1) is 8.66. The average Bonchev–Trinajstić information content (AvgIpc) is 2.32. The number of benzene rings is 1. The first-order valence-electron chi connectivity index (χ1n) is 6.64. The molecule has 4 heteroatoms. The summed E-state index contributed by atoms with van der Waals surface area (Å²) < 4.78 is 0. The molecule has 1 aromatic rings. The predicted octanol–water partition coefficient (Wildman–Crippen LogP) is 3.44. The van der Waals surface area contributed by atoms with E-state index in [4.69, 9.17) is 0 Å². The van der Waals surface area contributed by atoms with E-state index >= 15 is 0 Å². The van der Waals surface area contributed by atoms with Crippen LogP contribution < -0.4 is 5.32 Å². The van der Waals surface area contributed by atoms with Crippen LogP contribution in [-0.4, -0.2) is 11.5 Å². The van der Waals surface area contributed by atoms with Crippen LogP contribution in [0.2, 0.25) is 0 Å². The van der Waals surface area contributed by atoms with E-state index in [0.717, 1.165) is 18.0 Å². The zero-order chi connectivity index (χ0) is 13.0. The van der Waals surface area contributed by atoms with Gasteiger partial charge < -0.3 is 5.32 Å². The third kappa shape index (κ3) is 3.29. The lowest BCUT2D eigenvalue weighted by atomic mass is 9.83. The molecule has 0 aliphatic heterocycles. The molecule has 1 aliphatic rings. The Kier molecular flexibility index (Phi) is 4.31. The molecule has 0 bridgehead atoms. The highest BCUT2D eigenvalue weighted by Gasteiger charge is 2.17. The van der Waals surface area contributed by atoms with Crippen molar-refractivity contribution >= 4 is 5.69 Å². The van der Waals surface area contributed by atoms with Gasteiger partial charge in [-0.2, -0.15) is 0 Å². The minimum Gasteiger partial charge on any atom is -0.310 e. The topological polar surface area (TPSA) is 55.2 Å². The molecule has 1 aliphatic carbocycles. The Morgan fingerprint density at radius 2 is 2.06 bits per heavy atom. The van der Waals surface area contributed by atoms with Crippen molar-refractivity contribution in [3.8, 4) is 0 Å². The van der Waals surface area contributed by atoms with E-state index in [2.05, 4.69) is 12.2 Å². The maximum Gasteiger partial charge on any atom is 0.269 e. The third-order valence-electron chi connectivity index (χ3n) is 3.83. The summed E-state index contributed by atoms with van der Waals surface area (Å²) in [5, 5.41) is 14.0. The third-order valence-corrected chi connectivity index (χ3v) is 3.83. The van der Waals surface area contributed by atoms with E-state index in [9.17, 15) is 10.1 Å². The van der Waals surface area contributed by atoms with E-state index in [1.807, 2.05) is 12.1 Å². The normalized spacial score (nSPS) is 17.2. The number of hydrogen-bond donors (Lipinski definition) is 1. The smallest absolute Gasteiger partial charge is 0.269 e. The highest BCUT2D eigenvalue weighted by molar-refractivity contribution is 5.33. The lowest BCUT2D eigenvalue weighted by molar-refractivity contribution is -0.384. The quantitative estimate of drug-likeness (QED) is 0.619. The molecule has 1 fully saturated rings. The Bertz CT molecular complexity index is 399. The Morgan fingerprint density at radius 3 is 2.56 bits per heavy atom. The summed E-state index contributed by atoms with van der Waals surface area (Å²) in [6, 6.07) is 7.06. The van der Waals surface area contributed by atoms with Crippen molar-refractivity contribution in [2.24, 2.45) is 5.92 Å². The van der Waals surface area contributed by atoms with Gasteiger partial charge in [-0.3, -0.25) is 10.1 Å². The summed E-state index contributed by atoms with van der Waals surface area (Å²) >= 11 is 0. The van der Waals surface area contributed by atoms with Crippen molar-refractivity contribution in [3.05, 3.63) is 39.9 Å². The van der Waals surface area contributed by atoms with Gasteiger partial charge in [0.15, 0.2) is 0 Å². The van der Waals surface area contributed by atoms with E-state index in [1.54, 1.807) is 12.1 Å².